The molecule has 0 heterocycles. The number of carbonyl (C=O) groups is 3. The van der Waals surface area contributed by atoms with E-state index in [0.29, 0.717) is 22.3 Å². The molecule has 31 heavy (non-hydrogen) atoms. The lowest BCUT2D eigenvalue weighted by atomic mass is 9.77. The van der Waals surface area contributed by atoms with Crippen molar-refractivity contribution in [1.29, 1.82) is 0 Å². The summed E-state index contributed by atoms with van der Waals surface area (Å²) in [5.41, 5.74) is 1.33. The monoisotopic (exact) mass is 427 g/mol. The van der Waals surface area contributed by atoms with E-state index in [9.17, 15) is 19.5 Å². The largest absolute Gasteiger partial charge is 0.507 e. The lowest BCUT2D eigenvalue weighted by molar-refractivity contribution is 0.0816. The van der Waals surface area contributed by atoms with E-state index < -0.39 is 17.7 Å². The van der Waals surface area contributed by atoms with E-state index >= 15 is 0 Å². The van der Waals surface area contributed by atoms with Gasteiger partial charge in [-0.05, 0) is 23.0 Å². The van der Waals surface area contributed by atoms with E-state index in [0.717, 1.165) is 4.90 Å². The number of aromatic hydroxyl groups is 1. The van der Waals surface area contributed by atoms with Crippen LogP contribution in [0.5, 0.6) is 5.75 Å². The summed E-state index contributed by atoms with van der Waals surface area (Å²) in [7, 11) is 2.95. The van der Waals surface area contributed by atoms with Gasteiger partial charge in [0, 0.05) is 36.3 Å². The first-order chi connectivity index (χ1) is 14.1. The molecule has 0 saturated heterocycles. The molecule has 0 radical (unpaired) electrons. The number of amides is 1. The molecular weight excluding hydrogens is 394 g/mol. The summed E-state index contributed by atoms with van der Waals surface area (Å²) in [5, 5.41) is 18.6. The fourth-order valence-corrected chi connectivity index (χ4v) is 2.76. The topological polar surface area (TPSA) is 94.9 Å². The van der Waals surface area contributed by atoms with Crippen LogP contribution in [-0.4, -0.2) is 46.9 Å². The molecule has 6 heteroatoms. The van der Waals surface area contributed by atoms with Crippen LogP contribution in [0, 0.1) is 0 Å². The first kappa shape index (κ1) is 25.9. The predicted molar refractivity (Wildman–Crippen MR) is 122 cm³/mol. The Morgan fingerprint density at radius 3 is 1.42 bits per heavy atom. The van der Waals surface area contributed by atoms with Gasteiger partial charge in [-0.1, -0.05) is 71.9 Å². The predicted octanol–water partition coefficient (Wildman–Crippen LogP) is 5.28. The van der Waals surface area contributed by atoms with Crippen LogP contribution in [0.1, 0.15) is 73.4 Å². The van der Waals surface area contributed by atoms with Gasteiger partial charge >= 0.3 is 6.09 Å². The fraction of sp³-hybridized carbons (Fsp3) is 0.400. The lowest BCUT2D eigenvalue weighted by Gasteiger charge is -2.28. The summed E-state index contributed by atoms with van der Waals surface area (Å²) in [6.45, 7) is 11.8. The van der Waals surface area contributed by atoms with E-state index in [1.165, 1.54) is 14.1 Å². The summed E-state index contributed by atoms with van der Waals surface area (Å²) < 4.78 is 0. The van der Waals surface area contributed by atoms with Crippen molar-refractivity contribution in [2.45, 2.75) is 52.4 Å². The smallest absolute Gasteiger partial charge is 0.406 e. The van der Waals surface area contributed by atoms with Crippen molar-refractivity contribution < 1.29 is 24.6 Å². The molecule has 0 aromatic heterocycles. The molecule has 2 aromatic carbocycles. The number of phenols is 1. The summed E-state index contributed by atoms with van der Waals surface area (Å²) in [4.78, 5) is 36.0. The fourth-order valence-electron chi connectivity index (χ4n) is 2.76. The number of hydrogen-bond donors (Lipinski definition) is 2. The SMILES string of the molecule is CC(C)(C)c1cc(C(=O)C(=O)c2ccccc2)cc(C(C)(C)C)c1O.CN(C)C(=O)O. The van der Waals surface area contributed by atoms with Gasteiger partial charge in [0.2, 0.25) is 11.6 Å². The van der Waals surface area contributed by atoms with Crippen molar-refractivity contribution in [2.24, 2.45) is 0 Å². The lowest BCUT2D eigenvalue weighted by Crippen LogP contribution is -2.21. The van der Waals surface area contributed by atoms with Gasteiger partial charge in [-0.25, -0.2) is 4.79 Å². The first-order valence-electron chi connectivity index (χ1n) is 9.99. The van der Waals surface area contributed by atoms with Crippen LogP contribution in [-0.2, 0) is 10.8 Å². The molecule has 0 unspecified atom stereocenters. The number of nitrogens with zero attached hydrogens (tertiary/aromatic N) is 1. The number of rotatable bonds is 3. The molecule has 2 N–H and O–H groups in total. The van der Waals surface area contributed by atoms with Crippen LogP contribution in [0.25, 0.3) is 0 Å². The van der Waals surface area contributed by atoms with Crippen LogP contribution in [0.2, 0.25) is 0 Å². The highest BCUT2D eigenvalue weighted by atomic mass is 16.4. The van der Waals surface area contributed by atoms with Gasteiger partial charge in [0.25, 0.3) is 0 Å². The molecule has 0 aliphatic rings. The van der Waals surface area contributed by atoms with E-state index in [1.807, 2.05) is 41.5 Å². The molecule has 168 valence electrons. The molecule has 0 saturated carbocycles. The molecule has 0 fully saturated rings. The number of Topliss-reactive ketones (excluding diaryl/α,β-unsaturated/α-hetero) is 2. The van der Waals surface area contributed by atoms with Gasteiger partial charge < -0.3 is 15.1 Å². The number of carboxylic acid groups (broad SMARTS) is 1. The third kappa shape index (κ3) is 6.95. The second kappa shape index (κ2) is 9.77. The number of carbonyl (C=O) groups excluding carboxylic acids is 2. The van der Waals surface area contributed by atoms with Crippen molar-refractivity contribution in [3.8, 4) is 5.75 Å². The van der Waals surface area contributed by atoms with Crippen molar-refractivity contribution in [3.05, 3.63) is 64.7 Å². The van der Waals surface area contributed by atoms with Gasteiger partial charge in [-0.2, -0.15) is 0 Å². The van der Waals surface area contributed by atoms with Crippen LogP contribution < -0.4 is 0 Å². The Bertz CT molecular complexity index is 913. The molecule has 0 spiro atoms. The van der Waals surface area contributed by atoms with Crippen molar-refractivity contribution in [1.82, 2.24) is 4.90 Å². The standard InChI is InChI=1S/C22H26O3.C3H7NO2/c1-21(2,3)16-12-15(13-17(20(16)25)22(4,5)6)19(24)18(23)14-10-8-7-9-11-14;1-4(2)3(5)6/h7-13,25H,1-6H3;1-2H3,(H,5,6). The highest BCUT2D eigenvalue weighted by Gasteiger charge is 2.29. The Kier molecular flexibility index (Phi) is 8.16. The van der Waals surface area contributed by atoms with Crippen molar-refractivity contribution in [3.63, 3.8) is 0 Å². The quantitative estimate of drug-likeness (QED) is 0.513. The first-order valence-corrected chi connectivity index (χ1v) is 9.99. The summed E-state index contributed by atoms with van der Waals surface area (Å²) in [6.07, 6.45) is -0.907. The number of benzene rings is 2. The minimum absolute atomic E-state index is 0.198. The summed E-state index contributed by atoms with van der Waals surface area (Å²) >= 11 is 0. The van der Waals surface area contributed by atoms with Gasteiger partial charge in [0.05, 0.1) is 0 Å². The maximum atomic E-state index is 12.8. The summed E-state index contributed by atoms with van der Waals surface area (Å²) in [6, 6.07) is 11.8. The zero-order valence-corrected chi connectivity index (χ0v) is 19.6. The zero-order valence-electron chi connectivity index (χ0n) is 19.6. The molecule has 0 aliphatic heterocycles. The Labute approximate surface area is 184 Å². The molecule has 1 amide bonds. The number of hydrogen-bond acceptors (Lipinski definition) is 4. The molecule has 0 atom stereocenters. The second-order valence-electron chi connectivity index (χ2n) is 9.62. The molecule has 0 bridgehead atoms. The third-order valence-electron chi connectivity index (χ3n) is 4.61. The van der Waals surface area contributed by atoms with Crippen molar-refractivity contribution in [2.75, 3.05) is 14.1 Å². The maximum absolute atomic E-state index is 12.8. The van der Waals surface area contributed by atoms with Crippen LogP contribution in [0.3, 0.4) is 0 Å². The van der Waals surface area contributed by atoms with Crippen molar-refractivity contribution >= 4 is 17.7 Å². The second-order valence-corrected chi connectivity index (χ2v) is 9.62. The van der Waals surface area contributed by atoms with Gasteiger partial charge in [0.15, 0.2) is 0 Å². The van der Waals surface area contributed by atoms with Crippen LogP contribution in [0.15, 0.2) is 42.5 Å². The van der Waals surface area contributed by atoms with E-state index in [2.05, 4.69) is 0 Å². The minimum atomic E-state index is -0.907. The molecule has 2 rings (SSSR count). The Morgan fingerprint density at radius 1 is 0.742 bits per heavy atom. The van der Waals surface area contributed by atoms with Crippen LogP contribution in [0.4, 0.5) is 4.79 Å². The van der Waals surface area contributed by atoms with E-state index in [-0.39, 0.29) is 16.6 Å². The maximum Gasteiger partial charge on any atom is 0.406 e. The number of ketones is 2. The average Bonchev–Trinajstić information content (AvgIpc) is 2.66. The average molecular weight is 428 g/mol. The zero-order chi connectivity index (χ0) is 24.1. The Hall–Kier alpha value is -3.15. The molecule has 6 nitrogen and oxygen atoms in total. The minimum Gasteiger partial charge on any atom is -0.507 e. The van der Waals surface area contributed by atoms with Gasteiger partial charge in [0.1, 0.15) is 5.75 Å². The normalized spacial score (nSPS) is 11.2. The molecule has 0 aliphatic carbocycles. The van der Waals surface area contributed by atoms with E-state index in [4.69, 9.17) is 5.11 Å². The highest BCUT2D eigenvalue weighted by molar-refractivity contribution is 6.49. The van der Waals surface area contributed by atoms with E-state index in [1.54, 1.807) is 42.5 Å². The molecular formula is C25H33NO5. The van der Waals surface area contributed by atoms with Crippen LogP contribution >= 0.6 is 0 Å². The summed E-state index contributed by atoms with van der Waals surface area (Å²) in [5.74, 6) is -0.892. The number of phenolic OH excluding ortho intramolecular Hbond substituents is 1. The highest BCUT2D eigenvalue weighted by Crippen LogP contribution is 2.40. The molecule has 2 aromatic rings. The third-order valence-corrected chi connectivity index (χ3v) is 4.61. The van der Waals surface area contributed by atoms with Gasteiger partial charge in [-0.15, -0.1) is 0 Å². The Balaban J connectivity index is 0.000000703. The Morgan fingerprint density at radius 2 is 1.10 bits per heavy atom. The van der Waals surface area contributed by atoms with Gasteiger partial charge in [-0.3, -0.25) is 9.59 Å².